The highest BCUT2D eigenvalue weighted by atomic mass is 14.4. The second-order valence-corrected chi connectivity index (χ2v) is 4.11. The van der Waals surface area contributed by atoms with Gasteiger partial charge in [-0.1, -0.05) is 54.3 Å². The second-order valence-electron chi connectivity index (χ2n) is 4.11. The molecule has 0 heterocycles. The Labute approximate surface area is 68.8 Å². The lowest BCUT2D eigenvalue weighted by Gasteiger charge is -2.40. The molecule has 0 aromatic rings. The van der Waals surface area contributed by atoms with Crippen LogP contribution in [0.4, 0.5) is 0 Å². The van der Waals surface area contributed by atoms with Crippen molar-refractivity contribution in [2.45, 2.75) is 54.3 Å². The molecule has 62 valence electrons. The van der Waals surface area contributed by atoms with Crippen LogP contribution in [0.1, 0.15) is 57.1 Å². The fraction of sp³-hybridized carbons (Fsp3) is 1.00. The van der Waals surface area contributed by atoms with Gasteiger partial charge in [-0.2, -0.15) is 0 Å². The maximum atomic E-state index is 7.76. The van der Waals surface area contributed by atoms with Gasteiger partial charge in [0.15, 0.2) is 0 Å². The molecule has 0 N–H and O–H groups in total. The first-order chi connectivity index (χ1) is 5.06. The molecule has 0 rings (SSSR count). The van der Waals surface area contributed by atoms with Gasteiger partial charge in [0.05, 0.1) is 0 Å². The molecule has 0 heteroatoms. The third kappa shape index (κ3) is 1.74. The Morgan fingerprint density at radius 1 is 1.00 bits per heavy atom. The molecule has 10 heavy (non-hydrogen) atoms. The van der Waals surface area contributed by atoms with Crippen molar-refractivity contribution in [1.29, 1.82) is 0 Å². The number of rotatable bonds is 3. The SMILES string of the molecule is [2H]C([2H])(C)C(C)(C)C(C)(C)CC. The molecule has 0 aromatic carbocycles. The van der Waals surface area contributed by atoms with Crippen LogP contribution in [0.5, 0.6) is 0 Å². The van der Waals surface area contributed by atoms with Gasteiger partial charge in [-0.05, 0) is 10.8 Å². The van der Waals surface area contributed by atoms with E-state index in [1.165, 1.54) is 0 Å². The molecule has 0 radical (unpaired) electrons. The number of hydrogen-bond acceptors (Lipinski definition) is 0. The smallest absolute Gasteiger partial charge is 0.0269 e. The molecular weight excluding hydrogens is 120 g/mol. The Morgan fingerprint density at radius 2 is 1.40 bits per heavy atom. The average Bonchev–Trinajstić information content (AvgIpc) is 1.85. The van der Waals surface area contributed by atoms with E-state index in [1.807, 2.05) is 13.8 Å². The van der Waals surface area contributed by atoms with Crippen LogP contribution >= 0.6 is 0 Å². The maximum absolute atomic E-state index is 7.76. The van der Waals surface area contributed by atoms with E-state index in [9.17, 15) is 0 Å². The molecule has 0 fully saturated rings. The van der Waals surface area contributed by atoms with Gasteiger partial charge in [-0.25, -0.2) is 0 Å². The van der Waals surface area contributed by atoms with Crippen molar-refractivity contribution in [2.75, 3.05) is 0 Å². The standard InChI is InChI=1S/C10H22/c1-7-9(3,4)10(5,6)8-2/h7-8H2,1-6H3/i7D2. The summed E-state index contributed by atoms with van der Waals surface area (Å²) in [6.45, 7) is 12.1. The first kappa shape index (κ1) is 6.69. The lowest BCUT2D eigenvalue weighted by atomic mass is 9.65. The van der Waals surface area contributed by atoms with E-state index < -0.39 is 6.37 Å². The van der Waals surface area contributed by atoms with Crippen LogP contribution in [-0.4, -0.2) is 0 Å². The lowest BCUT2D eigenvalue weighted by Crippen LogP contribution is -2.30. The Morgan fingerprint density at radius 3 is 1.50 bits per heavy atom. The van der Waals surface area contributed by atoms with Gasteiger partial charge in [-0.15, -0.1) is 0 Å². The summed E-state index contributed by atoms with van der Waals surface area (Å²) < 4.78 is 15.5. The van der Waals surface area contributed by atoms with Gasteiger partial charge in [0, 0.05) is 2.74 Å². The van der Waals surface area contributed by atoms with E-state index in [4.69, 9.17) is 2.74 Å². The van der Waals surface area contributed by atoms with Gasteiger partial charge in [0.1, 0.15) is 0 Å². The van der Waals surface area contributed by atoms with Crippen molar-refractivity contribution < 1.29 is 2.74 Å². The Balaban J connectivity index is 4.85. The predicted octanol–water partition coefficient (Wildman–Crippen LogP) is 3.86. The molecule has 0 aliphatic carbocycles. The quantitative estimate of drug-likeness (QED) is 0.564. The summed E-state index contributed by atoms with van der Waals surface area (Å²) in [5, 5.41) is 0. The molecule has 0 atom stereocenters. The molecule has 0 unspecified atom stereocenters. The van der Waals surface area contributed by atoms with E-state index in [0.29, 0.717) is 0 Å². The van der Waals surface area contributed by atoms with Gasteiger partial charge >= 0.3 is 0 Å². The third-order valence-corrected chi connectivity index (χ3v) is 3.20. The fourth-order valence-electron chi connectivity index (χ4n) is 0.780. The van der Waals surface area contributed by atoms with Crippen LogP contribution in [0, 0.1) is 10.8 Å². The van der Waals surface area contributed by atoms with Crippen LogP contribution in [0.2, 0.25) is 0 Å². The molecule has 0 amide bonds. The predicted molar refractivity (Wildman–Crippen MR) is 48.1 cm³/mol. The largest absolute Gasteiger partial charge is 0.0649 e. The van der Waals surface area contributed by atoms with Gasteiger partial charge < -0.3 is 0 Å². The minimum absolute atomic E-state index is 0.0469. The molecule has 0 saturated heterocycles. The van der Waals surface area contributed by atoms with E-state index in [0.717, 1.165) is 6.42 Å². The maximum Gasteiger partial charge on any atom is 0.0269 e. The molecule has 0 spiro atoms. The topological polar surface area (TPSA) is 0 Å². The van der Waals surface area contributed by atoms with E-state index in [-0.39, 0.29) is 10.8 Å². The van der Waals surface area contributed by atoms with Crippen LogP contribution in [-0.2, 0) is 0 Å². The van der Waals surface area contributed by atoms with Crippen molar-refractivity contribution >= 4 is 0 Å². The van der Waals surface area contributed by atoms with Crippen molar-refractivity contribution in [3.63, 3.8) is 0 Å². The van der Waals surface area contributed by atoms with E-state index in [1.54, 1.807) is 6.92 Å². The Kier molecular flexibility index (Phi) is 1.97. The zero-order valence-electron chi connectivity index (χ0n) is 10.2. The third-order valence-electron chi connectivity index (χ3n) is 3.20. The minimum Gasteiger partial charge on any atom is -0.0649 e. The number of hydrogen-bond donors (Lipinski definition) is 0. The Hall–Kier alpha value is 0. The minimum atomic E-state index is -1.12. The lowest BCUT2D eigenvalue weighted by molar-refractivity contribution is 0.0998. The normalized spacial score (nSPS) is 18.2. The fourth-order valence-corrected chi connectivity index (χ4v) is 0.780. The summed E-state index contributed by atoms with van der Waals surface area (Å²) >= 11 is 0. The molecule has 0 bridgehead atoms. The molecule has 0 nitrogen and oxygen atoms in total. The van der Waals surface area contributed by atoms with Crippen LogP contribution in [0.3, 0.4) is 0 Å². The van der Waals surface area contributed by atoms with Crippen molar-refractivity contribution in [1.82, 2.24) is 0 Å². The summed E-state index contributed by atoms with van der Waals surface area (Å²) in [6, 6.07) is 0. The van der Waals surface area contributed by atoms with Crippen LogP contribution in [0.15, 0.2) is 0 Å². The van der Waals surface area contributed by atoms with E-state index >= 15 is 0 Å². The molecule has 0 saturated carbocycles. The van der Waals surface area contributed by atoms with E-state index in [2.05, 4.69) is 20.8 Å². The summed E-state index contributed by atoms with van der Waals surface area (Å²) in [6.07, 6.45) is -0.111. The highest BCUT2D eigenvalue weighted by Gasteiger charge is 2.33. The zero-order chi connectivity index (χ0) is 10.2. The van der Waals surface area contributed by atoms with Crippen molar-refractivity contribution in [2.24, 2.45) is 10.8 Å². The second kappa shape index (κ2) is 2.94. The van der Waals surface area contributed by atoms with Gasteiger partial charge in [0.2, 0.25) is 0 Å². The zero-order valence-corrected chi connectivity index (χ0v) is 8.21. The first-order valence-electron chi connectivity index (χ1n) is 5.06. The molecule has 0 aliphatic heterocycles. The van der Waals surface area contributed by atoms with Crippen molar-refractivity contribution in [3.8, 4) is 0 Å². The van der Waals surface area contributed by atoms with Gasteiger partial charge in [0.25, 0.3) is 0 Å². The summed E-state index contributed by atoms with van der Waals surface area (Å²) in [4.78, 5) is 0. The van der Waals surface area contributed by atoms with Crippen LogP contribution < -0.4 is 0 Å². The molecule has 0 aliphatic rings. The van der Waals surface area contributed by atoms with Gasteiger partial charge in [-0.3, -0.25) is 0 Å². The highest BCUT2D eigenvalue weighted by molar-refractivity contribution is 4.83. The summed E-state index contributed by atoms with van der Waals surface area (Å²) in [7, 11) is 0. The average molecular weight is 144 g/mol. The summed E-state index contributed by atoms with van der Waals surface area (Å²) in [5.41, 5.74) is -0.236. The molecular formula is C10H22. The van der Waals surface area contributed by atoms with Crippen LogP contribution in [0.25, 0.3) is 0 Å². The monoisotopic (exact) mass is 144 g/mol. The summed E-state index contributed by atoms with van der Waals surface area (Å²) in [5.74, 6) is 0. The Bertz CT molecular complexity index is 152. The highest BCUT2D eigenvalue weighted by Crippen LogP contribution is 2.43. The molecule has 0 aromatic heterocycles. The van der Waals surface area contributed by atoms with Crippen molar-refractivity contribution in [3.05, 3.63) is 0 Å². The first-order valence-corrected chi connectivity index (χ1v) is 4.06.